The van der Waals surface area contributed by atoms with Gasteiger partial charge in [-0.1, -0.05) is 14.5 Å². The Morgan fingerprint density at radius 1 is 1.67 bits per heavy atom. The molecule has 1 unspecified atom stereocenters. The summed E-state index contributed by atoms with van der Waals surface area (Å²) in [4.78, 5) is 4.81. The van der Waals surface area contributed by atoms with Gasteiger partial charge < -0.3 is 10.2 Å². The van der Waals surface area contributed by atoms with Gasteiger partial charge in [0, 0.05) is 26.2 Å². The van der Waals surface area contributed by atoms with E-state index < -0.39 is 0 Å². The molecular weight excluding hydrogens is 173 g/mol. The summed E-state index contributed by atoms with van der Waals surface area (Å²) in [5.74, 6) is 0. The maximum absolute atomic E-state index is 4.81. The highest BCUT2D eigenvalue weighted by molar-refractivity contribution is 7.13. The Labute approximate surface area is 74.6 Å². The summed E-state index contributed by atoms with van der Waals surface area (Å²) < 4.78 is 2.22. The third-order valence-corrected chi connectivity index (χ3v) is 2.95. The van der Waals surface area contributed by atoms with Crippen LogP contribution in [0.2, 0.25) is 0 Å². The minimum atomic E-state index is 0.276. The van der Waals surface area contributed by atoms with E-state index in [0.29, 0.717) is 0 Å². The van der Waals surface area contributed by atoms with Crippen LogP contribution in [-0.4, -0.2) is 43.7 Å². The second-order valence-corrected chi connectivity index (χ2v) is 4.24. The normalized spacial score (nSPS) is 31.0. The smallest absolute Gasteiger partial charge is 0.106 e. The minimum Gasteiger partial charge on any atom is -0.399 e. The summed E-state index contributed by atoms with van der Waals surface area (Å²) in [6.07, 6.45) is 0. The van der Waals surface area contributed by atoms with E-state index in [9.17, 15) is 0 Å². The van der Waals surface area contributed by atoms with Gasteiger partial charge in [-0.25, -0.2) is 0 Å². The first-order valence-electron chi connectivity index (χ1n) is 4.08. The molecule has 2 rings (SSSR count). The number of hydrogen-bond acceptors (Lipinski definition) is 4. The second-order valence-electron chi connectivity index (χ2n) is 3.51. The Kier molecular flexibility index (Phi) is 2.07. The minimum absolute atomic E-state index is 0.276. The van der Waals surface area contributed by atoms with Crippen LogP contribution in [0.5, 0.6) is 0 Å². The molecule has 68 valence electrons. The monoisotopic (exact) mass is 187 g/mol. The van der Waals surface area contributed by atoms with E-state index in [1.165, 1.54) is 5.71 Å². The Hall–Kier alpha value is -0.180. The van der Waals surface area contributed by atoms with E-state index in [1.807, 2.05) is 0 Å². The van der Waals surface area contributed by atoms with E-state index >= 15 is 0 Å². The van der Waals surface area contributed by atoms with Crippen molar-refractivity contribution in [2.45, 2.75) is 0 Å². The maximum atomic E-state index is 4.81. The Morgan fingerprint density at radius 3 is 3.00 bits per heavy atom. The molecule has 0 aromatic heterocycles. The molecule has 2 fully saturated rings. The zero-order valence-electron chi connectivity index (χ0n) is 7.21. The van der Waals surface area contributed by atoms with E-state index in [0.717, 1.165) is 26.2 Å². The lowest BCUT2D eigenvalue weighted by atomic mass is 9.79. The van der Waals surface area contributed by atoms with Crippen molar-refractivity contribution in [3.8, 4) is 0 Å². The van der Waals surface area contributed by atoms with Gasteiger partial charge in [0.1, 0.15) is 7.11 Å². The van der Waals surface area contributed by atoms with Gasteiger partial charge in [0.25, 0.3) is 0 Å². The molecule has 12 heavy (non-hydrogen) atoms. The molecule has 0 amide bonds. The molecule has 1 spiro atoms. The molecule has 2 aliphatic heterocycles. The highest BCUT2D eigenvalue weighted by atomic mass is 31.0. The first-order chi connectivity index (χ1) is 5.77. The fraction of sp³-hybridized carbons (Fsp3) is 0.857. The van der Waals surface area contributed by atoms with Crippen molar-refractivity contribution in [3.63, 3.8) is 0 Å². The van der Waals surface area contributed by atoms with Gasteiger partial charge in [-0.2, -0.15) is 0 Å². The van der Waals surface area contributed by atoms with Gasteiger partial charge in [0.15, 0.2) is 0 Å². The molecule has 0 aromatic rings. The van der Waals surface area contributed by atoms with Crippen molar-refractivity contribution in [1.29, 1.82) is 0 Å². The molecule has 4 nitrogen and oxygen atoms in total. The summed E-state index contributed by atoms with van der Waals surface area (Å²) in [6.45, 7) is 4.08. The molecule has 2 aliphatic rings. The molecule has 5 heteroatoms. The molecule has 2 heterocycles. The van der Waals surface area contributed by atoms with Crippen LogP contribution in [0.15, 0.2) is 5.16 Å². The van der Waals surface area contributed by atoms with Crippen LogP contribution >= 0.6 is 9.39 Å². The Morgan fingerprint density at radius 2 is 2.42 bits per heavy atom. The maximum Gasteiger partial charge on any atom is 0.106 e. The van der Waals surface area contributed by atoms with Gasteiger partial charge in [-0.15, -0.1) is 0 Å². The summed E-state index contributed by atoms with van der Waals surface area (Å²) >= 11 is 0. The summed E-state index contributed by atoms with van der Waals surface area (Å²) in [7, 11) is 4.32. The lowest BCUT2D eigenvalue weighted by Crippen LogP contribution is -2.56. The van der Waals surface area contributed by atoms with Crippen molar-refractivity contribution < 1.29 is 4.84 Å². The molecule has 0 aliphatic carbocycles. The van der Waals surface area contributed by atoms with E-state index in [4.69, 9.17) is 4.84 Å². The van der Waals surface area contributed by atoms with Crippen molar-refractivity contribution in [1.82, 2.24) is 9.99 Å². The van der Waals surface area contributed by atoms with Gasteiger partial charge in [0.2, 0.25) is 0 Å². The number of hydrogen-bond donors (Lipinski definition) is 1. The van der Waals surface area contributed by atoms with Gasteiger partial charge in [-0.05, 0) is 0 Å². The van der Waals surface area contributed by atoms with Crippen LogP contribution in [-0.2, 0) is 4.84 Å². The lowest BCUT2D eigenvalue weighted by Gasteiger charge is -2.45. The van der Waals surface area contributed by atoms with Crippen molar-refractivity contribution in [2.24, 2.45) is 10.6 Å². The van der Waals surface area contributed by atoms with Crippen molar-refractivity contribution >= 4 is 15.1 Å². The third kappa shape index (κ3) is 1.15. The SMILES string of the molecule is CO/N=C1/CNCC12CN(P)C2. The average Bonchev–Trinajstić information content (AvgIpc) is 2.34. The number of nitrogens with one attached hydrogen (secondary N) is 1. The van der Waals surface area contributed by atoms with Crippen molar-refractivity contribution in [2.75, 3.05) is 33.3 Å². The Balaban J connectivity index is 2.10. The highest BCUT2D eigenvalue weighted by Crippen LogP contribution is 2.36. The fourth-order valence-electron chi connectivity index (χ4n) is 1.97. The summed E-state index contributed by atoms with van der Waals surface area (Å²) in [5.41, 5.74) is 1.45. The zero-order chi connectivity index (χ0) is 8.60. The lowest BCUT2D eigenvalue weighted by molar-refractivity contribution is 0.154. The number of rotatable bonds is 1. The topological polar surface area (TPSA) is 36.9 Å². The largest absolute Gasteiger partial charge is 0.399 e. The predicted octanol–water partition coefficient (Wildman–Crippen LogP) is -0.316. The summed E-state index contributed by atoms with van der Waals surface area (Å²) in [6, 6.07) is 0. The van der Waals surface area contributed by atoms with Crippen molar-refractivity contribution in [3.05, 3.63) is 0 Å². The van der Waals surface area contributed by atoms with Gasteiger partial charge in [0.05, 0.1) is 11.1 Å². The zero-order valence-corrected chi connectivity index (χ0v) is 8.36. The summed E-state index contributed by atoms with van der Waals surface area (Å²) in [5, 5.41) is 7.38. The molecule has 2 saturated heterocycles. The molecule has 0 aromatic carbocycles. The van der Waals surface area contributed by atoms with Gasteiger partial charge in [-0.3, -0.25) is 4.67 Å². The molecule has 1 N–H and O–H groups in total. The van der Waals surface area contributed by atoms with Crippen LogP contribution in [0.25, 0.3) is 0 Å². The first kappa shape index (κ1) is 8.42. The van der Waals surface area contributed by atoms with Crippen LogP contribution in [0.4, 0.5) is 0 Å². The number of nitrogens with zero attached hydrogens (tertiary/aromatic N) is 2. The molecule has 0 bridgehead atoms. The Bertz CT molecular complexity index is 213. The predicted molar refractivity (Wildman–Crippen MR) is 51.0 cm³/mol. The van der Waals surface area contributed by atoms with E-state index in [1.54, 1.807) is 7.11 Å². The number of oxime groups is 1. The first-order valence-corrected chi connectivity index (χ1v) is 4.59. The molecule has 0 radical (unpaired) electrons. The highest BCUT2D eigenvalue weighted by Gasteiger charge is 2.48. The molecule has 0 saturated carbocycles. The molecule has 1 atom stereocenters. The third-order valence-electron chi connectivity index (χ3n) is 2.58. The van der Waals surface area contributed by atoms with Crippen LogP contribution < -0.4 is 5.32 Å². The van der Waals surface area contributed by atoms with Crippen LogP contribution in [0, 0.1) is 5.41 Å². The average molecular weight is 187 g/mol. The quantitative estimate of drug-likeness (QED) is 0.451. The van der Waals surface area contributed by atoms with Crippen LogP contribution in [0.3, 0.4) is 0 Å². The van der Waals surface area contributed by atoms with Gasteiger partial charge >= 0.3 is 0 Å². The molecular formula is C7H14N3OP. The van der Waals surface area contributed by atoms with E-state index in [2.05, 4.69) is 24.5 Å². The van der Waals surface area contributed by atoms with E-state index in [-0.39, 0.29) is 5.41 Å². The van der Waals surface area contributed by atoms with Crippen LogP contribution in [0.1, 0.15) is 0 Å². The standard InChI is InChI=1S/C7H14N3OP/c1-11-9-6-2-8-3-7(6)4-10(12)5-7/h8H,2-5,12H2,1H3/b9-6-. The second kappa shape index (κ2) is 2.95. The fourth-order valence-corrected chi connectivity index (χ4v) is 2.67.